The molecule has 0 saturated heterocycles. The summed E-state index contributed by atoms with van der Waals surface area (Å²) < 4.78 is 23.4. The molecular formula is C14H23NO3S. The molecule has 0 heterocycles. The van der Waals surface area contributed by atoms with Crippen LogP contribution in [0.2, 0.25) is 0 Å². The van der Waals surface area contributed by atoms with Crippen LogP contribution in [0.4, 0.5) is 0 Å². The number of rotatable bonds is 7. The van der Waals surface area contributed by atoms with E-state index in [2.05, 4.69) is 0 Å². The SMILES string of the molecule is CCS(=O)(=O)c1ccc(CC(C)C(CN)CO)cc1. The highest BCUT2D eigenvalue weighted by atomic mass is 32.2. The maximum Gasteiger partial charge on any atom is 0.178 e. The second kappa shape index (κ2) is 7.03. The Morgan fingerprint density at radius 3 is 2.26 bits per heavy atom. The summed E-state index contributed by atoms with van der Waals surface area (Å²) in [7, 11) is -3.13. The maximum absolute atomic E-state index is 11.7. The molecule has 0 amide bonds. The van der Waals surface area contributed by atoms with Crippen LogP contribution in [0.25, 0.3) is 0 Å². The van der Waals surface area contributed by atoms with E-state index >= 15 is 0 Å². The van der Waals surface area contributed by atoms with E-state index in [1.54, 1.807) is 19.1 Å². The van der Waals surface area contributed by atoms with Gasteiger partial charge in [0, 0.05) is 6.61 Å². The third kappa shape index (κ3) is 4.30. The normalized spacial score (nSPS) is 15.2. The van der Waals surface area contributed by atoms with Gasteiger partial charge in [-0.15, -0.1) is 0 Å². The average Bonchev–Trinajstić information content (AvgIpc) is 2.40. The van der Waals surface area contributed by atoms with E-state index in [-0.39, 0.29) is 24.2 Å². The lowest BCUT2D eigenvalue weighted by Gasteiger charge is -2.20. The lowest BCUT2D eigenvalue weighted by molar-refractivity contribution is 0.187. The fraction of sp³-hybridized carbons (Fsp3) is 0.571. The number of hydrogen-bond donors (Lipinski definition) is 2. The van der Waals surface area contributed by atoms with Gasteiger partial charge in [-0.25, -0.2) is 8.42 Å². The standard InChI is InChI=1S/C14H23NO3S/c1-3-19(17,18)14-6-4-12(5-7-14)8-11(2)13(9-15)10-16/h4-7,11,13,16H,3,8-10,15H2,1-2H3. The smallest absolute Gasteiger partial charge is 0.178 e. The van der Waals surface area contributed by atoms with Crippen molar-refractivity contribution < 1.29 is 13.5 Å². The van der Waals surface area contributed by atoms with Gasteiger partial charge in [0.1, 0.15) is 0 Å². The highest BCUT2D eigenvalue weighted by Gasteiger charge is 2.16. The average molecular weight is 285 g/mol. The van der Waals surface area contributed by atoms with E-state index < -0.39 is 9.84 Å². The Bertz CT molecular complexity index is 478. The monoisotopic (exact) mass is 285 g/mol. The molecule has 19 heavy (non-hydrogen) atoms. The topological polar surface area (TPSA) is 80.4 Å². The van der Waals surface area contributed by atoms with Crippen molar-refractivity contribution in [3.8, 4) is 0 Å². The minimum atomic E-state index is -3.13. The molecular weight excluding hydrogens is 262 g/mol. The van der Waals surface area contributed by atoms with E-state index in [0.717, 1.165) is 12.0 Å². The van der Waals surface area contributed by atoms with Crippen LogP contribution < -0.4 is 5.73 Å². The molecule has 3 N–H and O–H groups in total. The van der Waals surface area contributed by atoms with Crippen molar-refractivity contribution in [2.75, 3.05) is 18.9 Å². The van der Waals surface area contributed by atoms with E-state index in [0.29, 0.717) is 11.4 Å². The van der Waals surface area contributed by atoms with Crippen molar-refractivity contribution in [2.24, 2.45) is 17.6 Å². The van der Waals surface area contributed by atoms with Crippen molar-refractivity contribution in [3.05, 3.63) is 29.8 Å². The first kappa shape index (κ1) is 16.1. The number of aliphatic hydroxyl groups excluding tert-OH is 1. The number of sulfone groups is 1. The molecule has 2 unspecified atom stereocenters. The molecule has 4 nitrogen and oxygen atoms in total. The van der Waals surface area contributed by atoms with Crippen molar-refractivity contribution in [1.29, 1.82) is 0 Å². The van der Waals surface area contributed by atoms with Crippen LogP contribution in [-0.4, -0.2) is 32.4 Å². The molecule has 108 valence electrons. The van der Waals surface area contributed by atoms with E-state index in [1.165, 1.54) is 0 Å². The van der Waals surface area contributed by atoms with E-state index in [9.17, 15) is 13.5 Å². The van der Waals surface area contributed by atoms with Crippen LogP contribution in [-0.2, 0) is 16.3 Å². The van der Waals surface area contributed by atoms with Gasteiger partial charge in [0.25, 0.3) is 0 Å². The van der Waals surface area contributed by atoms with Crippen LogP contribution in [0.3, 0.4) is 0 Å². The summed E-state index contributed by atoms with van der Waals surface area (Å²) in [4.78, 5) is 0.365. The van der Waals surface area contributed by atoms with Gasteiger partial charge in [-0.05, 0) is 42.5 Å². The van der Waals surface area contributed by atoms with Gasteiger partial charge < -0.3 is 10.8 Å². The lowest BCUT2D eigenvalue weighted by Crippen LogP contribution is -2.26. The quantitative estimate of drug-likeness (QED) is 0.789. The summed E-state index contributed by atoms with van der Waals surface area (Å²) in [5.41, 5.74) is 6.66. The minimum absolute atomic E-state index is 0.0825. The Kier molecular flexibility index (Phi) is 5.97. The fourth-order valence-corrected chi connectivity index (χ4v) is 2.91. The van der Waals surface area contributed by atoms with Crippen LogP contribution in [0.15, 0.2) is 29.2 Å². The Balaban J connectivity index is 2.78. The summed E-state index contributed by atoms with van der Waals surface area (Å²) in [5, 5.41) is 9.20. The van der Waals surface area contributed by atoms with Gasteiger partial charge in [0.15, 0.2) is 9.84 Å². The maximum atomic E-state index is 11.7. The van der Waals surface area contributed by atoms with Crippen LogP contribution in [0.5, 0.6) is 0 Å². The van der Waals surface area contributed by atoms with Gasteiger partial charge in [0.05, 0.1) is 10.6 Å². The second-order valence-electron chi connectivity index (χ2n) is 4.91. The van der Waals surface area contributed by atoms with Gasteiger partial charge in [0.2, 0.25) is 0 Å². The molecule has 1 rings (SSSR count). The number of nitrogens with two attached hydrogens (primary N) is 1. The van der Waals surface area contributed by atoms with Crippen LogP contribution in [0.1, 0.15) is 19.4 Å². The predicted molar refractivity (Wildman–Crippen MR) is 76.7 cm³/mol. The van der Waals surface area contributed by atoms with Crippen molar-refractivity contribution in [1.82, 2.24) is 0 Å². The van der Waals surface area contributed by atoms with E-state index in [1.807, 2.05) is 19.1 Å². The fourth-order valence-electron chi connectivity index (χ4n) is 2.02. The lowest BCUT2D eigenvalue weighted by atomic mass is 9.89. The largest absolute Gasteiger partial charge is 0.396 e. The van der Waals surface area contributed by atoms with Crippen molar-refractivity contribution in [3.63, 3.8) is 0 Å². The Hall–Kier alpha value is -0.910. The summed E-state index contributed by atoms with van der Waals surface area (Å²) in [6, 6.07) is 6.97. The van der Waals surface area contributed by atoms with Crippen LogP contribution >= 0.6 is 0 Å². The van der Waals surface area contributed by atoms with Gasteiger partial charge >= 0.3 is 0 Å². The van der Waals surface area contributed by atoms with E-state index in [4.69, 9.17) is 5.73 Å². The first-order chi connectivity index (χ1) is 8.94. The first-order valence-corrected chi connectivity index (χ1v) is 8.22. The Morgan fingerprint density at radius 1 is 1.26 bits per heavy atom. The molecule has 0 fully saturated rings. The van der Waals surface area contributed by atoms with Gasteiger partial charge in [-0.1, -0.05) is 26.0 Å². The van der Waals surface area contributed by atoms with Gasteiger partial charge in [-0.3, -0.25) is 0 Å². The molecule has 2 atom stereocenters. The summed E-state index contributed by atoms with van der Waals surface area (Å²) >= 11 is 0. The molecule has 0 aliphatic heterocycles. The number of benzene rings is 1. The molecule has 0 bridgehead atoms. The molecule has 0 radical (unpaired) electrons. The molecule has 0 aromatic heterocycles. The number of hydrogen-bond acceptors (Lipinski definition) is 4. The minimum Gasteiger partial charge on any atom is -0.396 e. The zero-order valence-corrected chi connectivity index (χ0v) is 12.4. The molecule has 1 aromatic carbocycles. The van der Waals surface area contributed by atoms with Crippen molar-refractivity contribution >= 4 is 9.84 Å². The summed E-state index contributed by atoms with van der Waals surface area (Å²) in [6.07, 6.45) is 0.787. The molecule has 0 aliphatic carbocycles. The zero-order valence-electron chi connectivity index (χ0n) is 11.5. The van der Waals surface area contributed by atoms with Crippen molar-refractivity contribution in [2.45, 2.75) is 25.2 Å². The number of aliphatic hydroxyl groups is 1. The Labute approximate surface area is 115 Å². The molecule has 0 saturated carbocycles. The molecule has 5 heteroatoms. The highest BCUT2D eigenvalue weighted by molar-refractivity contribution is 7.91. The summed E-state index contributed by atoms with van der Waals surface area (Å²) in [6.45, 7) is 4.22. The third-order valence-electron chi connectivity index (χ3n) is 3.56. The highest BCUT2D eigenvalue weighted by Crippen LogP contribution is 2.18. The zero-order chi connectivity index (χ0) is 14.5. The molecule has 1 aromatic rings. The van der Waals surface area contributed by atoms with Crippen LogP contribution in [0, 0.1) is 11.8 Å². The van der Waals surface area contributed by atoms with Gasteiger partial charge in [-0.2, -0.15) is 0 Å². The molecule has 0 aliphatic rings. The second-order valence-corrected chi connectivity index (χ2v) is 7.19. The molecule has 0 spiro atoms. The first-order valence-electron chi connectivity index (χ1n) is 6.57. The Morgan fingerprint density at radius 2 is 1.84 bits per heavy atom. The predicted octanol–water partition coefficient (Wildman–Crippen LogP) is 1.23. The third-order valence-corrected chi connectivity index (χ3v) is 5.31. The summed E-state index contributed by atoms with van der Waals surface area (Å²) in [5.74, 6) is 0.463.